The van der Waals surface area contributed by atoms with Crippen molar-refractivity contribution in [2.24, 2.45) is 0 Å². The van der Waals surface area contributed by atoms with Crippen LogP contribution in [0.3, 0.4) is 0 Å². The Morgan fingerprint density at radius 3 is 2.67 bits per heavy atom. The van der Waals surface area contributed by atoms with Crippen molar-refractivity contribution in [3.8, 4) is 5.75 Å². The number of ether oxygens (including phenoxy) is 1. The molecule has 2 rings (SSSR count). The first kappa shape index (κ1) is 13.5. The van der Waals surface area contributed by atoms with Gasteiger partial charge in [0.05, 0.1) is 12.1 Å². The van der Waals surface area contributed by atoms with Gasteiger partial charge >= 0.3 is 0 Å². The molecule has 0 spiro atoms. The smallest absolute Gasteiger partial charge is 0.167 e. The van der Waals surface area contributed by atoms with Gasteiger partial charge in [0.2, 0.25) is 0 Å². The molecule has 100 valence electrons. The summed E-state index contributed by atoms with van der Waals surface area (Å²) in [5, 5.41) is 2.99. The van der Waals surface area contributed by atoms with Crippen molar-refractivity contribution in [2.75, 3.05) is 33.3 Å². The Labute approximate surface area is 110 Å². The summed E-state index contributed by atoms with van der Waals surface area (Å²) < 4.78 is 32.5. The number of hydrogen-bond acceptors (Lipinski definition) is 3. The predicted octanol–water partition coefficient (Wildman–Crippen LogP) is 2.03. The molecule has 1 aliphatic heterocycles. The zero-order chi connectivity index (χ0) is 13.1. The molecule has 18 heavy (non-hydrogen) atoms. The Balaban J connectivity index is 2.29. The van der Waals surface area contributed by atoms with E-state index in [1.807, 2.05) is 4.90 Å². The Bertz CT molecular complexity index is 437. The molecule has 1 aromatic rings. The zero-order valence-electron chi connectivity index (χ0n) is 10.1. The largest absolute Gasteiger partial charge is 0.493 e. The van der Waals surface area contributed by atoms with Gasteiger partial charge in [0, 0.05) is 38.3 Å². The Kier molecular flexibility index (Phi) is 4.37. The van der Waals surface area contributed by atoms with Gasteiger partial charge in [-0.1, -0.05) is 11.6 Å². The van der Waals surface area contributed by atoms with Crippen LogP contribution in [0, 0.1) is 11.6 Å². The fraction of sp³-hybridized carbons (Fsp3) is 0.500. The molecule has 1 saturated heterocycles. The number of hydrogen-bond donors (Lipinski definition) is 1. The normalized spacial score (nSPS) is 16.9. The highest BCUT2D eigenvalue weighted by molar-refractivity contribution is 6.30. The molecule has 0 aliphatic carbocycles. The second-order valence-electron chi connectivity index (χ2n) is 4.19. The van der Waals surface area contributed by atoms with E-state index in [4.69, 9.17) is 16.3 Å². The van der Waals surface area contributed by atoms with E-state index in [0.29, 0.717) is 6.54 Å². The number of nitrogens with one attached hydrogen (secondary N) is 1. The maximum absolute atomic E-state index is 14.0. The van der Waals surface area contributed by atoms with Crippen LogP contribution in [0.4, 0.5) is 8.78 Å². The van der Waals surface area contributed by atoms with Crippen LogP contribution in [0.5, 0.6) is 5.75 Å². The number of piperazine rings is 1. The molecule has 3 nitrogen and oxygen atoms in total. The molecular weight excluding hydrogens is 262 g/mol. The number of halogens is 3. The summed E-state index contributed by atoms with van der Waals surface area (Å²) >= 11 is 5.66. The number of methoxy groups -OCH3 is 1. The quantitative estimate of drug-likeness (QED) is 0.855. The van der Waals surface area contributed by atoms with Crippen LogP contribution in [0.1, 0.15) is 5.56 Å². The Morgan fingerprint density at radius 2 is 2.06 bits per heavy atom. The van der Waals surface area contributed by atoms with Crippen molar-refractivity contribution in [1.82, 2.24) is 10.2 Å². The molecule has 1 N–H and O–H groups in total. The molecule has 1 fully saturated rings. The summed E-state index contributed by atoms with van der Waals surface area (Å²) in [6, 6.07) is 0.941. The van der Waals surface area contributed by atoms with Gasteiger partial charge < -0.3 is 10.1 Å². The first-order valence-electron chi connectivity index (χ1n) is 5.77. The monoisotopic (exact) mass is 276 g/mol. The van der Waals surface area contributed by atoms with Crippen LogP contribution in [0.15, 0.2) is 6.07 Å². The predicted molar refractivity (Wildman–Crippen MR) is 66.1 cm³/mol. The van der Waals surface area contributed by atoms with Gasteiger partial charge in [-0.15, -0.1) is 0 Å². The van der Waals surface area contributed by atoms with Crippen LogP contribution in [0.25, 0.3) is 0 Å². The van der Waals surface area contributed by atoms with E-state index >= 15 is 0 Å². The van der Waals surface area contributed by atoms with E-state index in [0.717, 1.165) is 32.2 Å². The third-order valence-electron chi connectivity index (χ3n) is 3.01. The summed E-state index contributed by atoms with van der Waals surface area (Å²) in [4.78, 5) is 2.03. The van der Waals surface area contributed by atoms with E-state index in [9.17, 15) is 8.78 Å². The topological polar surface area (TPSA) is 24.5 Å². The number of benzene rings is 1. The van der Waals surface area contributed by atoms with Gasteiger partial charge in [-0.3, -0.25) is 4.90 Å². The highest BCUT2D eigenvalue weighted by Gasteiger charge is 2.21. The van der Waals surface area contributed by atoms with Gasteiger partial charge in [0.1, 0.15) is 5.82 Å². The lowest BCUT2D eigenvalue weighted by Gasteiger charge is -2.28. The fourth-order valence-corrected chi connectivity index (χ4v) is 2.29. The Morgan fingerprint density at radius 1 is 1.39 bits per heavy atom. The second kappa shape index (κ2) is 5.82. The molecular formula is C12H15ClF2N2O. The lowest BCUT2D eigenvalue weighted by Crippen LogP contribution is -2.43. The van der Waals surface area contributed by atoms with Crippen LogP contribution >= 0.6 is 11.6 Å². The summed E-state index contributed by atoms with van der Waals surface area (Å²) in [7, 11) is 1.33. The summed E-state index contributed by atoms with van der Waals surface area (Å²) in [5.41, 5.74) is 0.185. The second-order valence-corrected chi connectivity index (χ2v) is 4.60. The van der Waals surface area contributed by atoms with E-state index in [2.05, 4.69) is 5.32 Å². The SMILES string of the molecule is COc1c(F)cc(Cl)c(F)c1CN1CCNCC1. The first-order valence-corrected chi connectivity index (χ1v) is 6.14. The summed E-state index contributed by atoms with van der Waals surface area (Å²) in [5.74, 6) is -1.29. The molecule has 6 heteroatoms. The highest BCUT2D eigenvalue weighted by Crippen LogP contribution is 2.31. The number of rotatable bonds is 3. The fourth-order valence-electron chi connectivity index (χ4n) is 2.08. The molecule has 0 bridgehead atoms. The first-order chi connectivity index (χ1) is 8.63. The van der Waals surface area contributed by atoms with E-state index in [-0.39, 0.29) is 16.3 Å². The average Bonchev–Trinajstić information content (AvgIpc) is 2.37. The van der Waals surface area contributed by atoms with Crippen molar-refractivity contribution in [2.45, 2.75) is 6.54 Å². The summed E-state index contributed by atoms with van der Waals surface area (Å²) in [6.07, 6.45) is 0. The van der Waals surface area contributed by atoms with Crippen molar-refractivity contribution >= 4 is 11.6 Å². The highest BCUT2D eigenvalue weighted by atomic mass is 35.5. The molecule has 0 atom stereocenters. The van der Waals surface area contributed by atoms with Gasteiger partial charge in [-0.05, 0) is 6.07 Å². The van der Waals surface area contributed by atoms with Crippen LogP contribution in [0.2, 0.25) is 5.02 Å². The molecule has 0 amide bonds. The molecule has 1 aromatic carbocycles. The average molecular weight is 277 g/mol. The Hall–Kier alpha value is -0.910. The lowest BCUT2D eigenvalue weighted by atomic mass is 10.1. The lowest BCUT2D eigenvalue weighted by molar-refractivity contribution is 0.226. The number of nitrogens with zero attached hydrogens (tertiary/aromatic N) is 1. The van der Waals surface area contributed by atoms with Gasteiger partial charge in [0.15, 0.2) is 11.6 Å². The van der Waals surface area contributed by atoms with Crippen molar-refractivity contribution in [3.63, 3.8) is 0 Å². The minimum atomic E-state index is -0.631. The van der Waals surface area contributed by atoms with Crippen LogP contribution < -0.4 is 10.1 Å². The molecule has 0 unspecified atom stereocenters. The van der Waals surface area contributed by atoms with Crippen LogP contribution in [-0.2, 0) is 6.54 Å². The van der Waals surface area contributed by atoms with Crippen LogP contribution in [-0.4, -0.2) is 38.2 Å². The third-order valence-corrected chi connectivity index (χ3v) is 3.29. The maximum Gasteiger partial charge on any atom is 0.167 e. The minimum Gasteiger partial charge on any atom is -0.493 e. The van der Waals surface area contributed by atoms with Crippen molar-refractivity contribution in [3.05, 3.63) is 28.3 Å². The van der Waals surface area contributed by atoms with E-state index < -0.39 is 11.6 Å². The molecule has 0 aromatic heterocycles. The van der Waals surface area contributed by atoms with Crippen molar-refractivity contribution in [1.29, 1.82) is 0 Å². The van der Waals surface area contributed by atoms with Gasteiger partial charge in [0.25, 0.3) is 0 Å². The standard InChI is InChI=1S/C12H15ClF2N2O/c1-18-12-8(7-17-4-2-16-3-5-17)11(15)9(13)6-10(12)14/h6,16H,2-5,7H2,1H3. The zero-order valence-corrected chi connectivity index (χ0v) is 10.9. The summed E-state index contributed by atoms with van der Waals surface area (Å²) in [6.45, 7) is 3.56. The van der Waals surface area contributed by atoms with Crippen molar-refractivity contribution < 1.29 is 13.5 Å². The maximum atomic E-state index is 14.0. The molecule has 1 heterocycles. The van der Waals surface area contributed by atoms with E-state index in [1.54, 1.807) is 0 Å². The minimum absolute atomic E-state index is 0.0598. The van der Waals surface area contributed by atoms with E-state index in [1.165, 1.54) is 7.11 Å². The molecule has 0 saturated carbocycles. The molecule has 1 aliphatic rings. The van der Waals surface area contributed by atoms with Gasteiger partial charge in [-0.25, -0.2) is 8.78 Å². The molecule has 0 radical (unpaired) electrons. The third kappa shape index (κ3) is 2.74. The van der Waals surface area contributed by atoms with Gasteiger partial charge in [-0.2, -0.15) is 0 Å².